The first kappa shape index (κ1) is 18.7. The summed E-state index contributed by atoms with van der Waals surface area (Å²) >= 11 is 0. The van der Waals surface area contributed by atoms with E-state index in [1.165, 1.54) is 12.1 Å². The van der Waals surface area contributed by atoms with Crippen molar-refractivity contribution in [2.75, 3.05) is 10.0 Å². The molecule has 3 aromatic rings. The molecule has 0 radical (unpaired) electrons. The van der Waals surface area contributed by atoms with Gasteiger partial charge < -0.3 is 5.32 Å². The minimum atomic E-state index is -3.79. The van der Waals surface area contributed by atoms with Crippen molar-refractivity contribution in [3.63, 3.8) is 0 Å². The summed E-state index contributed by atoms with van der Waals surface area (Å²) < 4.78 is 27.8. The van der Waals surface area contributed by atoms with Crippen molar-refractivity contribution in [2.24, 2.45) is 0 Å². The van der Waals surface area contributed by atoms with Gasteiger partial charge in [0.2, 0.25) is 0 Å². The van der Waals surface area contributed by atoms with E-state index in [0.717, 1.165) is 5.56 Å². The molecule has 3 rings (SSSR count). The summed E-state index contributed by atoms with van der Waals surface area (Å²) in [4.78, 5) is 12.7. The molecule has 5 nitrogen and oxygen atoms in total. The zero-order valence-electron chi connectivity index (χ0n) is 15.1. The van der Waals surface area contributed by atoms with Crippen LogP contribution in [0.25, 0.3) is 0 Å². The predicted molar refractivity (Wildman–Crippen MR) is 108 cm³/mol. The summed E-state index contributed by atoms with van der Waals surface area (Å²) in [6, 6.07) is 20.5. The minimum Gasteiger partial charge on any atom is -0.322 e. The molecule has 0 bridgehead atoms. The average molecular weight is 380 g/mol. The lowest BCUT2D eigenvalue weighted by atomic mass is 10.1. The Kier molecular flexibility index (Phi) is 5.28. The van der Waals surface area contributed by atoms with Crippen LogP contribution in [-0.4, -0.2) is 14.3 Å². The number of carbonyl (C=O) groups is 1. The highest BCUT2D eigenvalue weighted by Crippen LogP contribution is 2.20. The molecule has 0 aliphatic carbocycles. The molecular weight excluding hydrogens is 360 g/mol. The van der Waals surface area contributed by atoms with Crippen molar-refractivity contribution in [1.82, 2.24) is 0 Å². The van der Waals surface area contributed by atoms with E-state index in [4.69, 9.17) is 0 Å². The van der Waals surface area contributed by atoms with Crippen LogP contribution in [-0.2, 0) is 10.0 Å². The van der Waals surface area contributed by atoms with Crippen molar-refractivity contribution in [3.8, 4) is 0 Å². The van der Waals surface area contributed by atoms with Crippen LogP contribution < -0.4 is 10.0 Å². The highest BCUT2D eigenvalue weighted by Gasteiger charge is 2.18. The number of aryl methyl sites for hydroxylation is 2. The normalized spacial score (nSPS) is 11.0. The van der Waals surface area contributed by atoms with Gasteiger partial charge in [0.1, 0.15) is 0 Å². The number of carbonyl (C=O) groups excluding carboxylic acids is 1. The van der Waals surface area contributed by atoms with Gasteiger partial charge in [0.15, 0.2) is 0 Å². The van der Waals surface area contributed by atoms with Gasteiger partial charge in [-0.3, -0.25) is 9.52 Å². The van der Waals surface area contributed by atoms with E-state index in [9.17, 15) is 13.2 Å². The number of nitrogens with one attached hydrogen (secondary N) is 2. The van der Waals surface area contributed by atoms with E-state index in [-0.39, 0.29) is 10.8 Å². The molecule has 27 heavy (non-hydrogen) atoms. The van der Waals surface area contributed by atoms with Crippen LogP contribution in [0.2, 0.25) is 0 Å². The zero-order chi connectivity index (χ0) is 19.4. The molecule has 0 aliphatic heterocycles. The summed E-state index contributed by atoms with van der Waals surface area (Å²) in [5.74, 6) is -0.354. The molecule has 0 saturated carbocycles. The lowest BCUT2D eigenvalue weighted by Gasteiger charge is -2.12. The maximum atomic E-state index is 12.6. The highest BCUT2D eigenvalue weighted by atomic mass is 32.2. The molecule has 6 heteroatoms. The first-order valence-corrected chi connectivity index (χ1v) is 9.90. The monoisotopic (exact) mass is 380 g/mol. The Bertz CT molecular complexity index is 1060. The minimum absolute atomic E-state index is 0.0333. The van der Waals surface area contributed by atoms with E-state index in [1.807, 2.05) is 19.1 Å². The summed E-state index contributed by atoms with van der Waals surface area (Å²) in [5.41, 5.74) is 3.21. The maximum Gasteiger partial charge on any atom is 0.261 e. The standard InChI is InChI=1S/C21H20N2O3S/c1-15-8-11-17(12-9-15)22-21(24)20-14-19(13-10-16(20)2)27(25,26)23-18-6-4-3-5-7-18/h3-14,23H,1-2H3,(H,22,24). The molecule has 0 unspecified atom stereocenters. The van der Waals surface area contributed by atoms with E-state index in [1.54, 1.807) is 55.5 Å². The largest absolute Gasteiger partial charge is 0.322 e. The second-order valence-electron chi connectivity index (χ2n) is 6.27. The quantitative estimate of drug-likeness (QED) is 0.691. The van der Waals surface area contributed by atoms with Crippen LogP contribution in [0.3, 0.4) is 0 Å². The second-order valence-corrected chi connectivity index (χ2v) is 7.95. The van der Waals surface area contributed by atoms with Crippen molar-refractivity contribution in [3.05, 3.63) is 89.5 Å². The Morgan fingerprint density at radius 2 is 1.48 bits per heavy atom. The van der Waals surface area contributed by atoms with Gasteiger partial charge in [-0.1, -0.05) is 42.0 Å². The van der Waals surface area contributed by atoms with Crippen molar-refractivity contribution < 1.29 is 13.2 Å². The highest BCUT2D eigenvalue weighted by molar-refractivity contribution is 7.92. The molecule has 0 aromatic heterocycles. The lowest BCUT2D eigenvalue weighted by molar-refractivity contribution is 0.102. The molecule has 3 aromatic carbocycles. The van der Waals surface area contributed by atoms with E-state index < -0.39 is 10.0 Å². The third-order valence-electron chi connectivity index (χ3n) is 4.10. The summed E-state index contributed by atoms with van der Waals surface area (Å²) in [6.07, 6.45) is 0. The first-order chi connectivity index (χ1) is 12.8. The number of rotatable bonds is 5. The number of hydrogen-bond donors (Lipinski definition) is 2. The fraction of sp³-hybridized carbons (Fsp3) is 0.0952. The predicted octanol–water partition coefficient (Wildman–Crippen LogP) is 4.36. The van der Waals surface area contributed by atoms with E-state index in [0.29, 0.717) is 22.5 Å². The molecular formula is C21H20N2O3S. The molecule has 0 fully saturated rings. The number of sulfonamides is 1. The van der Waals surface area contributed by atoms with Crippen LogP contribution in [0.1, 0.15) is 21.5 Å². The number of benzene rings is 3. The Balaban J connectivity index is 1.87. The van der Waals surface area contributed by atoms with Crippen LogP contribution in [0.15, 0.2) is 77.7 Å². The molecule has 0 aliphatic rings. The molecule has 0 atom stereocenters. The Labute approximate surface area is 159 Å². The van der Waals surface area contributed by atoms with Gasteiger partial charge in [-0.05, 0) is 55.8 Å². The third kappa shape index (κ3) is 4.54. The second kappa shape index (κ2) is 7.63. The Hall–Kier alpha value is -3.12. The molecule has 138 valence electrons. The smallest absolute Gasteiger partial charge is 0.261 e. The third-order valence-corrected chi connectivity index (χ3v) is 5.48. The van der Waals surface area contributed by atoms with Crippen LogP contribution in [0.4, 0.5) is 11.4 Å². The first-order valence-electron chi connectivity index (χ1n) is 8.42. The number of amides is 1. The van der Waals surface area contributed by atoms with Gasteiger partial charge in [0.05, 0.1) is 4.90 Å². The van der Waals surface area contributed by atoms with E-state index in [2.05, 4.69) is 10.0 Å². The topological polar surface area (TPSA) is 75.3 Å². The molecule has 1 amide bonds. The van der Waals surface area contributed by atoms with Crippen molar-refractivity contribution >= 4 is 27.3 Å². The number of hydrogen-bond acceptors (Lipinski definition) is 3. The van der Waals surface area contributed by atoms with Gasteiger partial charge in [0.25, 0.3) is 15.9 Å². The Morgan fingerprint density at radius 1 is 0.815 bits per heavy atom. The van der Waals surface area contributed by atoms with Gasteiger partial charge in [-0.25, -0.2) is 8.42 Å². The molecule has 0 heterocycles. The van der Waals surface area contributed by atoms with Crippen LogP contribution in [0.5, 0.6) is 0 Å². The maximum absolute atomic E-state index is 12.6. The Morgan fingerprint density at radius 3 is 2.15 bits per heavy atom. The SMILES string of the molecule is Cc1ccc(NC(=O)c2cc(S(=O)(=O)Nc3ccccc3)ccc2C)cc1. The van der Waals surface area contributed by atoms with Gasteiger partial charge >= 0.3 is 0 Å². The molecule has 2 N–H and O–H groups in total. The average Bonchev–Trinajstić information content (AvgIpc) is 2.64. The van der Waals surface area contributed by atoms with Crippen LogP contribution in [0, 0.1) is 13.8 Å². The molecule has 0 saturated heterocycles. The summed E-state index contributed by atoms with van der Waals surface area (Å²) in [7, 11) is -3.79. The summed E-state index contributed by atoms with van der Waals surface area (Å²) in [5, 5.41) is 2.80. The van der Waals surface area contributed by atoms with Crippen molar-refractivity contribution in [1.29, 1.82) is 0 Å². The van der Waals surface area contributed by atoms with Gasteiger partial charge in [-0.2, -0.15) is 0 Å². The van der Waals surface area contributed by atoms with Crippen LogP contribution >= 0.6 is 0 Å². The van der Waals surface area contributed by atoms with Gasteiger partial charge in [0, 0.05) is 16.9 Å². The fourth-order valence-electron chi connectivity index (χ4n) is 2.57. The summed E-state index contributed by atoms with van der Waals surface area (Å²) in [6.45, 7) is 3.73. The zero-order valence-corrected chi connectivity index (χ0v) is 15.9. The van der Waals surface area contributed by atoms with E-state index >= 15 is 0 Å². The lowest BCUT2D eigenvalue weighted by Crippen LogP contribution is -2.17. The number of para-hydroxylation sites is 1. The van der Waals surface area contributed by atoms with Gasteiger partial charge in [-0.15, -0.1) is 0 Å². The van der Waals surface area contributed by atoms with Crippen molar-refractivity contribution in [2.45, 2.75) is 18.7 Å². The molecule has 0 spiro atoms. The number of anilines is 2. The fourth-order valence-corrected chi connectivity index (χ4v) is 3.65.